The summed E-state index contributed by atoms with van der Waals surface area (Å²) >= 11 is 0. The van der Waals surface area contributed by atoms with E-state index in [4.69, 9.17) is 4.42 Å². The zero-order chi connectivity index (χ0) is 12.1. The van der Waals surface area contributed by atoms with E-state index in [2.05, 4.69) is 15.3 Å². The molecule has 1 amide bonds. The predicted octanol–water partition coefficient (Wildman–Crippen LogP) is 0.533. The van der Waals surface area contributed by atoms with E-state index in [-0.39, 0.29) is 18.1 Å². The highest BCUT2D eigenvalue weighted by atomic mass is 16.4. The van der Waals surface area contributed by atoms with E-state index in [1.165, 1.54) is 24.9 Å². The van der Waals surface area contributed by atoms with Gasteiger partial charge < -0.3 is 14.8 Å². The van der Waals surface area contributed by atoms with E-state index in [1.54, 1.807) is 12.1 Å². The third-order valence-corrected chi connectivity index (χ3v) is 2.12. The standard InChI is InChI=1S/C11H11N3O3/c15-9(10-2-1-5-17-10)7-14-11(16)8-6-12-3-4-13-8/h1-6,9,15H,7H2,(H,14,16). The van der Waals surface area contributed by atoms with Crippen molar-refractivity contribution in [1.82, 2.24) is 15.3 Å². The number of hydrogen-bond donors (Lipinski definition) is 2. The average Bonchev–Trinajstić information content (AvgIpc) is 2.90. The Morgan fingerprint density at radius 2 is 2.41 bits per heavy atom. The van der Waals surface area contributed by atoms with Crippen LogP contribution in [0.3, 0.4) is 0 Å². The van der Waals surface area contributed by atoms with E-state index >= 15 is 0 Å². The summed E-state index contributed by atoms with van der Waals surface area (Å²) < 4.78 is 5.00. The molecule has 0 aliphatic rings. The zero-order valence-corrected chi connectivity index (χ0v) is 8.91. The lowest BCUT2D eigenvalue weighted by Crippen LogP contribution is -2.28. The molecule has 6 heteroatoms. The molecule has 0 aliphatic heterocycles. The normalized spacial score (nSPS) is 12.1. The maximum absolute atomic E-state index is 11.6. The molecule has 0 aliphatic carbocycles. The number of amides is 1. The van der Waals surface area contributed by atoms with Crippen LogP contribution in [0.15, 0.2) is 41.4 Å². The lowest BCUT2D eigenvalue weighted by Gasteiger charge is -2.08. The molecular weight excluding hydrogens is 222 g/mol. The van der Waals surface area contributed by atoms with Gasteiger partial charge in [0, 0.05) is 12.4 Å². The molecule has 2 rings (SSSR count). The molecule has 88 valence electrons. The van der Waals surface area contributed by atoms with Crippen molar-refractivity contribution in [1.29, 1.82) is 0 Å². The van der Waals surface area contributed by atoms with Gasteiger partial charge in [-0.25, -0.2) is 4.98 Å². The average molecular weight is 233 g/mol. The van der Waals surface area contributed by atoms with Gasteiger partial charge in [-0.1, -0.05) is 0 Å². The molecule has 2 heterocycles. The third kappa shape index (κ3) is 2.88. The first kappa shape index (κ1) is 11.3. The topological polar surface area (TPSA) is 88.2 Å². The van der Waals surface area contributed by atoms with Gasteiger partial charge in [0.1, 0.15) is 17.6 Å². The Bertz CT molecular complexity index is 470. The van der Waals surface area contributed by atoms with Crippen LogP contribution in [0.1, 0.15) is 22.4 Å². The van der Waals surface area contributed by atoms with Crippen molar-refractivity contribution in [2.45, 2.75) is 6.10 Å². The Balaban J connectivity index is 1.89. The number of hydrogen-bond acceptors (Lipinski definition) is 5. The van der Waals surface area contributed by atoms with E-state index in [0.717, 1.165) is 0 Å². The highest BCUT2D eigenvalue weighted by Gasteiger charge is 2.13. The monoisotopic (exact) mass is 233 g/mol. The van der Waals surface area contributed by atoms with Crippen LogP contribution in [-0.2, 0) is 0 Å². The first-order chi connectivity index (χ1) is 8.27. The fourth-order valence-corrected chi connectivity index (χ4v) is 1.28. The van der Waals surface area contributed by atoms with Gasteiger partial charge in [0.2, 0.25) is 0 Å². The fourth-order valence-electron chi connectivity index (χ4n) is 1.28. The van der Waals surface area contributed by atoms with Crippen LogP contribution in [0.4, 0.5) is 0 Å². The summed E-state index contributed by atoms with van der Waals surface area (Å²) in [6.07, 6.45) is 4.86. The van der Waals surface area contributed by atoms with Gasteiger partial charge in [0.25, 0.3) is 5.91 Å². The molecular formula is C11H11N3O3. The van der Waals surface area contributed by atoms with Crippen molar-refractivity contribution in [3.63, 3.8) is 0 Å². The molecule has 2 N–H and O–H groups in total. The summed E-state index contributed by atoms with van der Waals surface area (Å²) in [5.41, 5.74) is 0.208. The predicted molar refractivity (Wildman–Crippen MR) is 58.0 cm³/mol. The lowest BCUT2D eigenvalue weighted by atomic mass is 10.2. The number of carbonyl (C=O) groups is 1. The Kier molecular flexibility index (Phi) is 3.46. The number of aliphatic hydroxyl groups is 1. The van der Waals surface area contributed by atoms with Crippen molar-refractivity contribution in [3.8, 4) is 0 Å². The van der Waals surface area contributed by atoms with Crippen molar-refractivity contribution in [2.24, 2.45) is 0 Å². The van der Waals surface area contributed by atoms with Crippen LogP contribution >= 0.6 is 0 Å². The maximum atomic E-state index is 11.6. The molecule has 1 unspecified atom stereocenters. The molecule has 0 aromatic carbocycles. The summed E-state index contributed by atoms with van der Waals surface area (Å²) in [6, 6.07) is 3.31. The summed E-state index contributed by atoms with van der Waals surface area (Å²) in [4.78, 5) is 19.2. The lowest BCUT2D eigenvalue weighted by molar-refractivity contribution is 0.0896. The number of rotatable bonds is 4. The molecule has 0 spiro atoms. The van der Waals surface area contributed by atoms with Crippen LogP contribution in [0.5, 0.6) is 0 Å². The number of aromatic nitrogens is 2. The number of carbonyl (C=O) groups excluding carboxylic acids is 1. The molecule has 2 aromatic heterocycles. The Hall–Kier alpha value is -2.21. The van der Waals surface area contributed by atoms with Crippen LogP contribution in [0.25, 0.3) is 0 Å². The van der Waals surface area contributed by atoms with Gasteiger partial charge in [0.05, 0.1) is 19.0 Å². The van der Waals surface area contributed by atoms with Crippen LogP contribution < -0.4 is 5.32 Å². The quantitative estimate of drug-likeness (QED) is 0.804. The maximum Gasteiger partial charge on any atom is 0.271 e. The van der Waals surface area contributed by atoms with Gasteiger partial charge in [-0.2, -0.15) is 0 Å². The summed E-state index contributed by atoms with van der Waals surface area (Å²) in [7, 11) is 0. The van der Waals surface area contributed by atoms with Gasteiger partial charge in [-0.3, -0.25) is 9.78 Å². The van der Waals surface area contributed by atoms with Gasteiger partial charge in [-0.15, -0.1) is 0 Å². The minimum atomic E-state index is -0.870. The number of nitrogens with one attached hydrogen (secondary N) is 1. The van der Waals surface area contributed by atoms with Crippen molar-refractivity contribution in [2.75, 3.05) is 6.54 Å². The zero-order valence-electron chi connectivity index (χ0n) is 8.91. The Labute approximate surface area is 97.3 Å². The number of nitrogens with zero attached hydrogens (tertiary/aromatic N) is 2. The van der Waals surface area contributed by atoms with Gasteiger partial charge in [0.15, 0.2) is 0 Å². The van der Waals surface area contributed by atoms with E-state index in [0.29, 0.717) is 5.76 Å². The summed E-state index contributed by atoms with van der Waals surface area (Å²) in [6.45, 7) is 0.0585. The van der Waals surface area contributed by atoms with Crippen molar-refractivity contribution < 1.29 is 14.3 Å². The number of furan rings is 1. The highest BCUT2D eigenvalue weighted by Crippen LogP contribution is 2.11. The Morgan fingerprint density at radius 1 is 1.53 bits per heavy atom. The number of aliphatic hydroxyl groups excluding tert-OH is 1. The third-order valence-electron chi connectivity index (χ3n) is 2.12. The fraction of sp³-hybridized carbons (Fsp3) is 0.182. The van der Waals surface area contributed by atoms with E-state index < -0.39 is 6.10 Å². The van der Waals surface area contributed by atoms with Crippen molar-refractivity contribution >= 4 is 5.91 Å². The second-order valence-electron chi connectivity index (χ2n) is 3.33. The second kappa shape index (κ2) is 5.22. The van der Waals surface area contributed by atoms with E-state index in [1.807, 2.05) is 0 Å². The molecule has 0 bridgehead atoms. The van der Waals surface area contributed by atoms with Crippen LogP contribution in [0.2, 0.25) is 0 Å². The summed E-state index contributed by atoms with van der Waals surface area (Å²) in [5, 5.41) is 12.2. The Morgan fingerprint density at radius 3 is 3.06 bits per heavy atom. The minimum Gasteiger partial charge on any atom is -0.467 e. The molecule has 17 heavy (non-hydrogen) atoms. The molecule has 0 fully saturated rings. The van der Waals surface area contributed by atoms with Crippen LogP contribution in [-0.4, -0.2) is 27.5 Å². The second-order valence-corrected chi connectivity index (χ2v) is 3.33. The SMILES string of the molecule is O=C(NCC(O)c1ccco1)c1cnccn1. The first-order valence-electron chi connectivity index (χ1n) is 5.03. The summed E-state index contributed by atoms with van der Waals surface area (Å²) in [5.74, 6) is 0.0214. The molecule has 0 saturated carbocycles. The van der Waals surface area contributed by atoms with Crippen LogP contribution in [0, 0.1) is 0 Å². The minimum absolute atomic E-state index is 0.0585. The largest absolute Gasteiger partial charge is 0.467 e. The molecule has 2 aromatic rings. The highest BCUT2D eigenvalue weighted by molar-refractivity contribution is 5.91. The van der Waals surface area contributed by atoms with Gasteiger partial charge >= 0.3 is 0 Å². The smallest absolute Gasteiger partial charge is 0.271 e. The first-order valence-corrected chi connectivity index (χ1v) is 5.03. The molecule has 0 saturated heterocycles. The molecule has 1 atom stereocenters. The van der Waals surface area contributed by atoms with Gasteiger partial charge in [-0.05, 0) is 12.1 Å². The molecule has 6 nitrogen and oxygen atoms in total. The van der Waals surface area contributed by atoms with E-state index in [9.17, 15) is 9.90 Å². The molecule has 0 radical (unpaired) electrons. The van der Waals surface area contributed by atoms with Crippen molar-refractivity contribution in [3.05, 3.63) is 48.4 Å².